The van der Waals surface area contributed by atoms with Crippen LogP contribution in [0.5, 0.6) is 5.75 Å². The molecule has 1 fully saturated rings. The van der Waals surface area contributed by atoms with Gasteiger partial charge in [0.05, 0.1) is 11.6 Å². The van der Waals surface area contributed by atoms with E-state index in [1.807, 2.05) is 24.3 Å². The van der Waals surface area contributed by atoms with Crippen LogP contribution in [0.3, 0.4) is 0 Å². The SMILES string of the molecule is COC(=O)[C@@H]1C[C@H](Oc2ccccc2Br)CN1. The van der Waals surface area contributed by atoms with Gasteiger partial charge in [0.1, 0.15) is 17.9 Å². The van der Waals surface area contributed by atoms with E-state index in [4.69, 9.17) is 9.47 Å². The van der Waals surface area contributed by atoms with E-state index in [2.05, 4.69) is 21.2 Å². The van der Waals surface area contributed by atoms with Crippen LogP contribution in [0.2, 0.25) is 0 Å². The summed E-state index contributed by atoms with van der Waals surface area (Å²) in [5, 5.41) is 3.08. The number of halogens is 1. The molecule has 0 amide bonds. The molecule has 1 saturated heterocycles. The van der Waals surface area contributed by atoms with E-state index >= 15 is 0 Å². The highest BCUT2D eigenvalue weighted by molar-refractivity contribution is 9.10. The Morgan fingerprint density at radius 2 is 2.24 bits per heavy atom. The zero-order valence-corrected chi connectivity index (χ0v) is 11.1. The zero-order valence-electron chi connectivity index (χ0n) is 9.48. The second-order valence-electron chi connectivity index (χ2n) is 3.89. The molecule has 0 spiro atoms. The average Bonchev–Trinajstić information content (AvgIpc) is 2.80. The molecule has 1 aliphatic heterocycles. The van der Waals surface area contributed by atoms with Gasteiger partial charge in [-0.25, -0.2) is 0 Å². The van der Waals surface area contributed by atoms with Crippen LogP contribution < -0.4 is 10.1 Å². The summed E-state index contributed by atoms with van der Waals surface area (Å²) in [5.74, 6) is 0.563. The molecule has 4 nitrogen and oxygen atoms in total. The van der Waals surface area contributed by atoms with Crippen molar-refractivity contribution in [3.05, 3.63) is 28.7 Å². The van der Waals surface area contributed by atoms with Crippen molar-refractivity contribution in [2.24, 2.45) is 0 Å². The van der Waals surface area contributed by atoms with Crippen LogP contribution in [0.1, 0.15) is 6.42 Å². The van der Waals surface area contributed by atoms with E-state index in [0.29, 0.717) is 13.0 Å². The summed E-state index contributed by atoms with van der Waals surface area (Å²) in [6.07, 6.45) is 0.631. The Morgan fingerprint density at radius 3 is 2.94 bits per heavy atom. The lowest BCUT2D eigenvalue weighted by atomic mass is 10.2. The van der Waals surface area contributed by atoms with Crippen LogP contribution >= 0.6 is 15.9 Å². The minimum absolute atomic E-state index is 0.00204. The molecular formula is C12H14BrNO3. The zero-order chi connectivity index (χ0) is 12.3. The van der Waals surface area contributed by atoms with Gasteiger partial charge in [-0.2, -0.15) is 0 Å². The highest BCUT2D eigenvalue weighted by Crippen LogP contribution is 2.26. The van der Waals surface area contributed by atoms with Gasteiger partial charge in [0.2, 0.25) is 0 Å². The lowest BCUT2D eigenvalue weighted by Gasteiger charge is -2.13. The molecular weight excluding hydrogens is 286 g/mol. The first-order valence-corrected chi connectivity index (χ1v) is 6.22. The standard InChI is InChI=1S/C12H14BrNO3/c1-16-12(15)10-6-8(7-14-10)17-11-5-3-2-4-9(11)13/h2-5,8,10,14H,6-7H2,1H3/t8-,10-/m0/s1. The molecule has 1 aromatic carbocycles. The first kappa shape index (κ1) is 12.4. The number of carbonyl (C=O) groups is 1. The van der Waals surface area contributed by atoms with E-state index in [-0.39, 0.29) is 18.1 Å². The van der Waals surface area contributed by atoms with Gasteiger partial charge in [-0.05, 0) is 28.1 Å². The van der Waals surface area contributed by atoms with Crippen molar-refractivity contribution in [2.75, 3.05) is 13.7 Å². The van der Waals surface area contributed by atoms with Gasteiger partial charge in [0, 0.05) is 13.0 Å². The van der Waals surface area contributed by atoms with Crippen molar-refractivity contribution in [1.82, 2.24) is 5.32 Å². The Hall–Kier alpha value is -1.07. The number of carbonyl (C=O) groups excluding carboxylic acids is 1. The summed E-state index contributed by atoms with van der Waals surface area (Å²) in [5.41, 5.74) is 0. The number of methoxy groups -OCH3 is 1. The Kier molecular flexibility index (Phi) is 4.02. The monoisotopic (exact) mass is 299 g/mol. The highest BCUT2D eigenvalue weighted by Gasteiger charge is 2.31. The maximum atomic E-state index is 11.3. The molecule has 0 saturated carbocycles. The second-order valence-corrected chi connectivity index (χ2v) is 4.74. The molecule has 0 bridgehead atoms. The van der Waals surface area contributed by atoms with Crippen molar-refractivity contribution >= 4 is 21.9 Å². The van der Waals surface area contributed by atoms with Crippen LogP contribution in [-0.4, -0.2) is 31.8 Å². The highest BCUT2D eigenvalue weighted by atomic mass is 79.9. The molecule has 2 rings (SSSR count). The number of hydrogen-bond acceptors (Lipinski definition) is 4. The van der Waals surface area contributed by atoms with Crippen LogP contribution in [-0.2, 0) is 9.53 Å². The van der Waals surface area contributed by atoms with Crippen molar-refractivity contribution in [2.45, 2.75) is 18.6 Å². The smallest absolute Gasteiger partial charge is 0.323 e. The molecule has 0 unspecified atom stereocenters. The molecule has 0 radical (unpaired) electrons. The molecule has 1 aromatic rings. The number of hydrogen-bond donors (Lipinski definition) is 1. The van der Waals surface area contributed by atoms with Crippen molar-refractivity contribution in [3.63, 3.8) is 0 Å². The first-order valence-electron chi connectivity index (χ1n) is 5.43. The van der Waals surface area contributed by atoms with E-state index in [1.54, 1.807) is 0 Å². The molecule has 5 heteroatoms. The van der Waals surface area contributed by atoms with Crippen LogP contribution in [0.4, 0.5) is 0 Å². The quantitative estimate of drug-likeness (QED) is 0.864. The number of rotatable bonds is 3. The van der Waals surface area contributed by atoms with Crippen molar-refractivity contribution < 1.29 is 14.3 Å². The molecule has 0 aromatic heterocycles. The molecule has 17 heavy (non-hydrogen) atoms. The van der Waals surface area contributed by atoms with E-state index in [0.717, 1.165) is 10.2 Å². The second kappa shape index (κ2) is 5.51. The van der Waals surface area contributed by atoms with Gasteiger partial charge in [-0.1, -0.05) is 12.1 Å². The topological polar surface area (TPSA) is 47.6 Å². The fourth-order valence-corrected chi connectivity index (χ4v) is 2.21. The number of ether oxygens (including phenoxy) is 2. The third-order valence-corrected chi connectivity index (χ3v) is 3.36. The maximum absolute atomic E-state index is 11.3. The summed E-state index contributed by atoms with van der Waals surface area (Å²) >= 11 is 3.42. The van der Waals surface area contributed by atoms with Gasteiger partial charge >= 0.3 is 5.97 Å². The summed E-state index contributed by atoms with van der Waals surface area (Å²) in [7, 11) is 1.39. The number of benzene rings is 1. The van der Waals surface area contributed by atoms with Gasteiger partial charge in [0.15, 0.2) is 0 Å². The predicted octanol–water partition coefficient (Wildman–Crippen LogP) is 1.73. The molecule has 1 N–H and O–H groups in total. The normalized spacial score (nSPS) is 23.4. The summed E-state index contributed by atoms with van der Waals surface area (Å²) in [4.78, 5) is 11.3. The Labute approximate surface area is 108 Å². The minimum atomic E-state index is -0.257. The van der Waals surface area contributed by atoms with Crippen LogP contribution in [0.15, 0.2) is 28.7 Å². The van der Waals surface area contributed by atoms with Gasteiger partial charge in [-0.15, -0.1) is 0 Å². The lowest BCUT2D eigenvalue weighted by Crippen LogP contribution is -2.31. The van der Waals surface area contributed by atoms with E-state index < -0.39 is 0 Å². The number of para-hydroxylation sites is 1. The fourth-order valence-electron chi connectivity index (χ4n) is 1.83. The number of nitrogens with one attached hydrogen (secondary N) is 1. The summed E-state index contributed by atoms with van der Waals surface area (Å²) in [6, 6.07) is 7.42. The van der Waals surface area contributed by atoms with Crippen LogP contribution in [0.25, 0.3) is 0 Å². The van der Waals surface area contributed by atoms with Crippen molar-refractivity contribution in [3.8, 4) is 5.75 Å². The summed E-state index contributed by atoms with van der Waals surface area (Å²) in [6.45, 7) is 0.654. The summed E-state index contributed by atoms with van der Waals surface area (Å²) < 4.78 is 11.4. The lowest BCUT2D eigenvalue weighted by molar-refractivity contribution is -0.142. The van der Waals surface area contributed by atoms with Crippen molar-refractivity contribution in [1.29, 1.82) is 0 Å². The third kappa shape index (κ3) is 2.98. The minimum Gasteiger partial charge on any atom is -0.488 e. The maximum Gasteiger partial charge on any atom is 0.323 e. The van der Waals surface area contributed by atoms with Gasteiger partial charge in [-0.3, -0.25) is 4.79 Å². The predicted molar refractivity (Wildman–Crippen MR) is 67.0 cm³/mol. The Morgan fingerprint density at radius 1 is 1.47 bits per heavy atom. The number of esters is 1. The molecule has 0 aliphatic carbocycles. The Bertz CT molecular complexity index is 410. The van der Waals surface area contributed by atoms with Crippen LogP contribution in [0, 0.1) is 0 Å². The largest absolute Gasteiger partial charge is 0.488 e. The molecule has 2 atom stereocenters. The molecule has 1 heterocycles. The van der Waals surface area contributed by atoms with Gasteiger partial charge in [0.25, 0.3) is 0 Å². The van der Waals surface area contributed by atoms with Gasteiger partial charge < -0.3 is 14.8 Å². The first-order chi connectivity index (χ1) is 8.20. The average molecular weight is 300 g/mol. The molecule has 92 valence electrons. The van der Waals surface area contributed by atoms with E-state index in [9.17, 15) is 4.79 Å². The molecule has 1 aliphatic rings. The van der Waals surface area contributed by atoms with E-state index in [1.165, 1.54) is 7.11 Å². The third-order valence-electron chi connectivity index (χ3n) is 2.71. The fraction of sp³-hybridized carbons (Fsp3) is 0.417. The Balaban J connectivity index is 1.94.